The highest BCUT2D eigenvalue weighted by molar-refractivity contribution is 5.35. The van der Waals surface area contributed by atoms with Gasteiger partial charge in [-0.1, -0.05) is 0 Å². The number of unbranched alkanes of at least 4 members (excludes halogenated alkanes) is 1. The lowest BCUT2D eigenvalue weighted by Crippen LogP contribution is -2.03. The molecule has 0 aromatic carbocycles. The first-order chi connectivity index (χ1) is 7.31. The zero-order valence-corrected chi connectivity index (χ0v) is 8.85. The van der Waals surface area contributed by atoms with Crippen molar-refractivity contribution in [2.24, 2.45) is 5.73 Å². The molecule has 0 aliphatic heterocycles. The van der Waals surface area contributed by atoms with Gasteiger partial charge in [0.2, 0.25) is 0 Å². The Kier molecular flexibility index (Phi) is 2.91. The molecule has 2 aromatic rings. The van der Waals surface area contributed by atoms with E-state index in [9.17, 15) is 0 Å². The van der Waals surface area contributed by atoms with E-state index in [1.165, 1.54) is 0 Å². The Bertz CT molecular complexity index is 448. The van der Waals surface area contributed by atoms with E-state index in [-0.39, 0.29) is 0 Å². The van der Waals surface area contributed by atoms with E-state index in [1.54, 1.807) is 0 Å². The first-order valence-electron chi connectivity index (χ1n) is 5.19. The molecular formula is C10H15N5. The maximum absolute atomic E-state index is 5.45. The van der Waals surface area contributed by atoms with Gasteiger partial charge in [0.05, 0.1) is 5.69 Å². The minimum atomic E-state index is 0.725. The van der Waals surface area contributed by atoms with Crippen LogP contribution in [0.3, 0.4) is 0 Å². The smallest absolute Gasteiger partial charge is 0.177 e. The van der Waals surface area contributed by atoms with E-state index >= 15 is 0 Å². The van der Waals surface area contributed by atoms with E-state index in [0.29, 0.717) is 0 Å². The molecule has 5 heteroatoms. The van der Waals surface area contributed by atoms with E-state index in [2.05, 4.69) is 15.3 Å². The van der Waals surface area contributed by atoms with Gasteiger partial charge in [-0.15, -0.1) is 10.2 Å². The Morgan fingerprint density at radius 3 is 2.93 bits per heavy atom. The van der Waals surface area contributed by atoms with Gasteiger partial charge in [0, 0.05) is 6.42 Å². The molecule has 15 heavy (non-hydrogen) atoms. The van der Waals surface area contributed by atoms with Gasteiger partial charge in [0.25, 0.3) is 0 Å². The van der Waals surface area contributed by atoms with Crippen molar-refractivity contribution in [2.75, 3.05) is 6.54 Å². The molecule has 0 fully saturated rings. The number of hydrogen-bond donors (Lipinski definition) is 1. The van der Waals surface area contributed by atoms with Gasteiger partial charge in [-0.25, -0.2) is 0 Å². The van der Waals surface area contributed by atoms with E-state index in [0.717, 1.165) is 43.0 Å². The van der Waals surface area contributed by atoms with Crippen LogP contribution in [0, 0.1) is 6.92 Å². The third-order valence-corrected chi connectivity index (χ3v) is 2.32. The third-order valence-electron chi connectivity index (χ3n) is 2.32. The molecular weight excluding hydrogens is 190 g/mol. The van der Waals surface area contributed by atoms with Crippen molar-refractivity contribution in [3.8, 4) is 0 Å². The molecule has 2 N–H and O–H groups in total. The van der Waals surface area contributed by atoms with Crippen LogP contribution in [0.4, 0.5) is 0 Å². The Morgan fingerprint density at radius 2 is 2.13 bits per heavy atom. The van der Waals surface area contributed by atoms with Gasteiger partial charge in [-0.2, -0.15) is 9.61 Å². The second kappa shape index (κ2) is 4.35. The molecule has 0 bridgehead atoms. The lowest BCUT2D eigenvalue weighted by Gasteiger charge is -1.98. The van der Waals surface area contributed by atoms with E-state index < -0.39 is 0 Å². The van der Waals surface area contributed by atoms with Crippen LogP contribution in [-0.4, -0.2) is 26.4 Å². The molecule has 0 unspecified atom stereocenters. The fourth-order valence-electron chi connectivity index (χ4n) is 1.51. The predicted octanol–water partition coefficient (Wildman–Crippen LogP) is 0.714. The standard InChI is InChI=1S/C10H15N5/c1-8-5-6-10-13-12-9(15(10)14-8)4-2-3-7-11/h5-6H,2-4,7,11H2,1H3. The third kappa shape index (κ3) is 2.12. The molecule has 2 heterocycles. The van der Waals surface area contributed by atoms with E-state index in [4.69, 9.17) is 5.73 Å². The highest BCUT2D eigenvalue weighted by atomic mass is 15.4. The fraction of sp³-hybridized carbons (Fsp3) is 0.500. The number of nitrogens with zero attached hydrogens (tertiary/aromatic N) is 4. The minimum Gasteiger partial charge on any atom is -0.330 e. The van der Waals surface area contributed by atoms with E-state index in [1.807, 2.05) is 23.6 Å². The summed E-state index contributed by atoms with van der Waals surface area (Å²) in [5.74, 6) is 0.919. The molecule has 0 saturated heterocycles. The molecule has 0 spiro atoms. The Balaban J connectivity index is 2.23. The summed E-state index contributed by atoms with van der Waals surface area (Å²) in [6.45, 7) is 2.69. The zero-order chi connectivity index (χ0) is 10.7. The van der Waals surface area contributed by atoms with Crippen LogP contribution in [0.25, 0.3) is 5.65 Å². The van der Waals surface area contributed by atoms with Gasteiger partial charge in [-0.3, -0.25) is 0 Å². The molecule has 0 aliphatic carbocycles. The van der Waals surface area contributed by atoms with Crippen molar-refractivity contribution in [2.45, 2.75) is 26.2 Å². The van der Waals surface area contributed by atoms with Crippen molar-refractivity contribution in [3.05, 3.63) is 23.7 Å². The second-order valence-electron chi connectivity index (χ2n) is 3.61. The van der Waals surface area contributed by atoms with Gasteiger partial charge < -0.3 is 5.73 Å². The van der Waals surface area contributed by atoms with Crippen molar-refractivity contribution < 1.29 is 0 Å². The first kappa shape index (κ1) is 10.0. The molecule has 0 radical (unpaired) electrons. The number of fused-ring (bicyclic) bond motifs is 1. The van der Waals surface area contributed by atoms with Crippen LogP contribution < -0.4 is 5.73 Å². The van der Waals surface area contributed by atoms with Crippen molar-refractivity contribution in [3.63, 3.8) is 0 Å². The molecule has 0 atom stereocenters. The second-order valence-corrected chi connectivity index (χ2v) is 3.61. The number of nitrogens with two attached hydrogens (primary N) is 1. The highest BCUT2D eigenvalue weighted by Gasteiger charge is 2.05. The summed E-state index contributed by atoms with van der Waals surface area (Å²) in [5, 5.41) is 12.6. The lowest BCUT2D eigenvalue weighted by atomic mass is 10.2. The van der Waals surface area contributed by atoms with Crippen LogP contribution in [-0.2, 0) is 6.42 Å². The molecule has 0 aliphatic rings. The Labute approximate surface area is 88.3 Å². The maximum Gasteiger partial charge on any atom is 0.177 e. The van der Waals surface area contributed by atoms with Crippen LogP contribution in [0.15, 0.2) is 12.1 Å². The first-order valence-corrected chi connectivity index (χ1v) is 5.19. The van der Waals surface area contributed by atoms with Crippen LogP contribution in [0.5, 0.6) is 0 Å². The van der Waals surface area contributed by atoms with Gasteiger partial charge >= 0.3 is 0 Å². The SMILES string of the molecule is Cc1ccc2nnc(CCCCN)n2n1. The monoisotopic (exact) mass is 205 g/mol. The van der Waals surface area contributed by atoms with Crippen molar-refractivity contribution >= 4 is 5.65 Å². The average Bonchev–Trinajstić information content (AvgIpc) is 2.62. The molecule has 0 saturated carbocycles. The summed E-state index contributed by atoms with van der Waals surface area (Å²) in [4.78, 5) is 0. The molecule has 2 rings (SSSR count). The molecule has 5 nitrogen and oxygen atoms in total. The van der Waals surface area contributed by atoms with Crippen molar-refractivity contribution in [1.82, 2.24) is 19.8 Å². The predicted molar refractivity (Wildman–Crippen MR) is 57.5 cm³/mol. The lowest BCUT2D eigenvalue weighted by molar-refractivity contribution is 0.690. The number of aromatic nitrogens is 4. The molecule has 0 amide bonds. The van der Waals surface area contributed by atoms with Gasteiger partial charge in [0.1, 0.15) is 0 Å². The summed E-state index contributed by atoms with van der Waals surface area (Å²) in [6, 6.07) is 3.87. The van der Waals surface area contributed by atoms with Gasteiger partial charge in [-0.05, 0) is 38.4 Å². The quantitative estimate of drug-likeness (QED) is 0.746. The largest absolute Gasteiger partial charge is 0.330 e. The minimum absolute atomic E-state index is 0.725. The van der Waals surface area contributed by atoms with Gasteiger partial charge in [0.15, 0.2) is 11.5 Å². The summed E-state index contributed by atoms with van der Waals surface area (Å²) in [7, 11) is 0. The van der Waals surface area contributed by atoms with Crippen LogP contribution >= 0.6 is 0 Å². The summed E-state index contributed by atoms with van der Waals surface area (Å²) >= 11 is 0. The fourth-order valence-corrected chi connectivity index (χ4v) is 1.51. The molecule has 2 aromatic heterocycles. The maximum atomic E-state index is 5.45. The normalized spacial score (nSPS) is 11.1. The Hall–Kier alpha value is -1.49. The van der Waals surface area contributed by atoms with Crippen LogP contribution in [0.1, 0.15) is 24.4 Å². The number of hydrogen-bond acceptors (Lipinski definition) is 4. The average molecular weight is 205 g/mol. The van der Waals surface area contributed by atoms with Crippen LogP contribution in [0.2, 0.25) is 0 Å². The van der Waals surface area contributed by atoms with Crippen molar-refractivity contribution in [1.29, 1.82) is 0 Å². The summed E-state index contributed by atoms with van der Waals surface area (Å²) < 4.78 is 1.81. The number of rotatable bonds is 4. The summed E-state index contributed by atoms with van der Waals surface area (Å²) in [5.41, 5.74) is 7.23. The highest BCUT2D eigenvalue weighted by Crippen LogP contribution is 2.05. The zero-order valence-electron chi connectivity index (χ0n) is 8.85. The number of aryl methyl sites for hydroxylation is 2. The Morgan fingerprint density at radius 1 is 1.27 bits per heavy atom. The summed E-state index contributed by atoms with van der Waals surface area (Å²) in [6.07, 6.45) is 2.93. The topological polar surface area (TPSA) is 69.1 Å². The molecule has 80 valence electrons.